The lowest BCUT2D eigenvalue weighted by atomic mass is 9.83. The molecule has 0 bridgehead atoms. The molecule has 2 aliphatic carbocycles. The normalized spacial score (nSPS) is 33.8. The van der Waals surface area contributed by atoms with Gasteiger partial charge in [-0.15, -0.1) is 0 Å². The highest BCUT2D eigenvalue weighted by molar-refractivity contribution is 5.78. The molecule has 3 nitrogen and oxygen atoms in total. The van der Waals surface area contributed by atoms with Crippen LogP contribution in [0.25, 0.3) is 0 Å². The molecule has 0 aromatic heterocycles. The van der Waals surface area contributed by atoms with Crippen molar-refractivity contribution in [2.45, 2.75) is 69.9 Å². The van der Waals surface area contributed by atoms with Gasteiger partial charge in [0, 0.05) is 6.04 Å². The molecule has 2 atom stereocenters. The second-order valence-electron chi connectivity index (χ2n) is 5.62. The summed E-state index contributed by atoms with van der Waals surface area (Å²) in [5.41, 5.74) is -0.615. The number of hydrogen-bond donors (Lipinski definition) is 2. The van der Waals surface area contributed by atoms with Gasteiger partial charge < -0.3 is 5.11 Å². The van der Waals surface area contributed by atoms with Crippen LogP contribution in [0.2, 0.25) is 0 Å². The fourth-order valence-electron chi connectivity index (χ4n) is 2.81. The van der Waals surface area contributed by atoms with Gasteiger partial charge in [-0.3, -0.25) is 10.1 Å². The van der Waals surface area contributed by atoms with Crippen molar-refractivity contribution in [3.05, 3.63) is 0 Å². The van der Waals surface area contributed by atoms with E-state index in [4.69, 9.17) is 0 Å². The molecular weight excluding hydrogens is 202 g/mol. The Morgan fingerprint density at radius 2 is 1.69 bits per heavy atom. The van der Waals surface area contributed by atoms with Crippen LogP contribution < -0.4 is 5.32 Å². The second-order valence-corrected chi connectivity index (χ2v) is 5.62. The van der Waals surface area contributed by atoms with E-state index in [1.807, 2.05) is 0 Å². The van der Waals surface area contributed by atoms with Crippen LogP contribution in [0, 0.1) is 5.92 Å². The van der Waals surface area contributed by atoms with Crippen LogP contribution in [-0.2, 0) is 4.79 Å². The number of nitrogens with one attached hydrogen (secondary N) is 1. The molecule has 2 fully saturated rings. The molecule has 0 spiro atoms. The van der Waals surface area contributed by atoms with Crippen LogP contribution in [0.15, 0.2) is 0 Å². The lowest BCUT2D eigenvalue weighted by molar-refractivity contribution is -0.146. The van der Waals surface area contributed by atoms with Crippen molar-refractivity contribution in [2.24, 2.45) is 5.92 Å². The molecule has 92 valence electrons. The van der Waals surface area contributed by atoms with E-state index in [0.29, 0.717) is 12.0 Å². The van der Waals surface area contributed by atoms with Crippen LogP contribution >= 0.6 is 0 Å². The Kier molecular flexibility index (Phi) is 3.53. The van der Waals surface area contributed by atoms with Crippen molar-refractivity contribution < 1.29 is 9.90 Å². The average molecular weight is 225 g/mol. The standard InChI is InChI=1S/C13H23NO2/c1-10-9-11(10)14-13(12(15)16)7-5-3-2-4-6-8-13/h10-11,14H,2-9H2,1H3,(H,15,16). The highest BCUT2D eigenvalue weighted by Crippen LogP contribution is 2.35. The number of rotatable bonds is 3. The summed E-state index contributed by atoms with van der Waals surface area (Å²) >= 11 is 0. The third-order valence-corrected chi connectivity index (χ3v) is 4.19. The summed E-state index contributed by atoms with van der Waals surface area (Å²) in [6.45, 7) is 2.19. The minimum absolute atomic E-state index is 0.454. The Labute approximate surface area is 97.6 Å². The van der Waals surface area contributed by atoms with Crippen molar-refractivity contribution in [1.82, 2.24) is 5.32 Å². The quantitative estimate of drug-likeness (QED) is 0.776. The summed E-state index contributed by atoms with van der Waals surface area (Å²) in [7, 11) is 0. The lowest BCUT2D eigenvalue weighted by Gasteiger charge is -2.32. The Balaban J connectivity index is 2.02. The zero-order valence-corrected chi connectivity index (χ0v) is 10.2. The summed E-state index contributed by atoms with van der Waals surface area (Å²) in [5, 5.41) is 12.9. The molecule has 0 saturated heterocycles. The Hall–Kier alpha value is -0.570. The van der Waals surface area contributed by atoms with E-state index in [2.05, 4.69) is 12.2 Å². The first-order valence-corrected chi connectivity index (χ1v) is 6.65. The summed E-state index contributed by atoms with van der Waals surface area (Å²) in [5.74, 6) is 0.0372. The smallest absolute Gasteiger partial charge is 0.323 e. The number of carboxylic acid groups (broad SMARTS) is 1. The molecule has 0 aromatic carbocycles. The molecule has 0 aliphatic heterocycles. The predicted molar refractivity (Wildman–Crippen MR) is 63.4 cm³/mol. The molecule has 16 heavy (non-hydrogen) atoms. The van der Waals surface area contributed by atoms with Gasteiger partial charge in [0.05, 0.1) is 0 Å². The maximum Gasteiger partial charge on any atom is 0.323 e. The molecule has 2 N–H and O–H groups in total. The van der Waals surface area contributed by atoms with E-state index >= 15 is 0 Å². The highest BCUT2D eigenvalue weighted by atomic mass is 16.4. The Morgan fingerprint density at radius 1 is 1.19 bits per heavy atom. The molecular formula is C13H23NO2. The van der Waals surface area contributed by atoms with Gasteiger partial charge in [-0.05, 0) is 25.2 Å². The summed E-state index contributed by atoms with van der Waals surface area (Å²) < 4.78 is 0. The summed E-state index contributed by atoms with van der Waals surface area (Å²) in [6.07, 6.45) is 8.54. The number of carboxylic acids is 1. The third-order valence-electron chi connectivity index (χ3n) is 4.19. The minimum atomic E-state index is -0.631. The Morgan fingerprint density at radius 3 is 2.12 bits per heavy atom. The van der Waals surface area contributed by atoms with E-state index in [0.717, 1.165) is 32.1 Å². The van der Waals surface area contributed by atoms with Gasteiger partial charge in [0.25, 0.3) is 0 Å². The van der Waals surface area contributed by atoms with E-state index in [1.54, 1.807) is 0 Å². The van der Waals surface area contributed by atoms with E-state index < -0.39 is 11.5 Å². The first-order valence-electron chi connectivity index (χ1n) is 6.65. The maximum atomic E-state index is 11.5. The van der Waals surface area contributed by atoms with Gasteiger partial charge in [0.1, 0.15) is 5.54 Å². The number of hydrogen-bond acceptors (Lipinski definition) is 2. The van der Waals surface area contributed by atoms with Gasteiger partial charge in [-0.25, -0.2) is 0 Å². The monoisotopic (exact) mass is 225 g/mol. The van der Waals surface area contributed by atoms with Crippen LogP contribution in [0.3, 0.4) is 0 Å². The summed E-state index contributed by atoms with van der Waals surface area (Å²) in [6, 6.07) is 0.454. The topological polar surface area (TPSA) is 49.3 Å². The second kappa shape index (κ2) is 4.74. The molecule has 0 radical (unpaired) electrons. The van der Waals surface area contributed by atoms with Crippen molar-refractivity contribution in [3.63, 3.8) is 0 Å². The van der Waals surface area contributed by atoms with Crippen LogP contribution in [0.1, 0.15) is 58.3 Å². The molecule has 3 heteroatoms. The molecule has 2 saturated carbocycles. The lowest BCUT2D eigenvalue weighted by Crippen LogP contribution is -2.53. The zero-order chi connectivity index (χ0) is 11.6. The predicted octanol–water partition coefficient (Wildman–Crippen LogP) is 2.55. The van der Waals surface area contributed by atoms with Crippen molar-refractivity contribution >= 4 is 5.97 Å². The first-order chi connectivity index (χ1) is 7.64. The third kappa shape index (κ3) is 2.57. The van der Waals surface area contributed by atoms with Crippen molar-refractivity contribution in [2.75, 3.05) is 0 Å². The van der Waals surface area contributed by atoms with E-state index in [1.165, 1.54) is 19.3 Å². The van der Waals surface area contributed by atoms with Gasteiger partial charge in [0.2, 0.25) is 0 Å². The maximum absolute atomic E-state index is 11.5. The van der Waals surface area contributed by atoms with Crippen molar-refractivity contribution in [3.8, 4) is 0 Å². The first kappa shape index (κ1) is 11.9. The van der Waals surface area contributed by atoms with Crippen LogP contribution in [0.4, 0.5) is 0 Å². The molecule has 2 rings (SSSR count). The molecule has 0 amide bonds. The van der Waals surface area contributed by atoms with E-state index in [9.17, 15) is 9.90 Å². The molecule has 0 aromatic rings. The van der Waals surface area contributed by atoms with Crippen LogP contribution in [0.5, 0.6) is 0 Å². The minimum Gasteiger partial charge on any atom is -0.480 e. The van der Waals surface area contributed by atoms with Crippen molar-refractivity contribution in [1.29, 1.82) is 0 Å². The Bertz CT molecular complexity index is 257. The summed E-state index contributed by atoms with van der Waals surface area (Å²) in [4.78, 5) is 11.5. The van der Waals surface area contributed by atoms with Gasteiger partial charge in [-0.1, -0.05) is 39.0 Å². The zero-order valence-electron chi connectivity index (χ0n) is 10.2. The SMILES string of the molecule is CC1CC1NC1(C(=O)O)CCCCCCC1. The largest absolute Gasteiger partial charge is 0.480 e. The van der Waals surface area contributed by atoms with Crippen LogP contribution in [-0.4, -0.2) is 22.7 Å². The average Bonchev–Trinajstić information content (AvgIpc) is 2.86. The van der Waals surface area contributed by atoms with E-state index in [-0.39, 0.29) is 0 Å². The fraction of sp³-hybridized carbons (Fsp3) is 0.923. The van der Waals surface area contributed by atoms with Gasteiger partial charge >= 0.3 is 5.97 Å². The fourth-order valence-corrected chi connectivity index (χ4v) is 2.81. The van der Waals surface area contributed by atoms with Gasteiger partial charge in [-0.2, -0.15) is 0 Å². The highest BCUT2D eigenvalue weighted by Gasteiger charge is 2.44. The number of aliphatic carboxylic acids is 1. The van der Waals surface area contributed by atoms with Gasteiger partial charge in [0.15, 0.2) is 0 Å². The molecule has 2 aliphatic rings. The molecule has 2 unspecified atom stereocenters. The molecule has 0 heterocycles. The number of carbonyl (C=O) groups is 1.